The number of hydrogen-bond donors (Lipinski definition) is 1. The van der Waals surface area contributed by atoms with Gasteiger partial charge in [0.2, 0.25) is 6.79 Å². The Morgan fingerprint density at radius 3 is 2.80 bits per heavy atom. The SMILES string of the molecule is COc1cnc(CSc2ncccn2)cc1OCC(=O)Nc1ccc2c(c1)OCO2. The van der Waals surface area contributed by atoms with E-state index in [4.69, 9.17) is 18.9 Å². The maximum Gasteiger partial charge on any atom is 0.262 e. The number of pyridine rings is 1. The van der Waals surface area contributed by atoms with Gasteiger partial charge < -0.3 is 24.3 Å². The number of hydrogen-bond acceptors (Lipinski definition) is 9. The molecule has 10 heteroatoms. The first-order valence-electron chi connectivity index (χ1n) is 8.96. The van der Waals surface area contributed by atoms with Crippen LogP contribution < -0.4 is 24.3 Å². The van der Waals surface area contributed by atoms with Crippen LogP contribution >= 0.6 is 11.8 Å². The standard InChI is InChI=1S/C20H18N4O5S/c1-26-18-9-23-14(11-30-20-21-5-2-6-22-20)8-17(18)27-10-19(25)24-13-3-4-15-16(7-13)29-12-28-15/h2-9H,10-12H2,1H3,(H,24,25). The molecule has 0 radical (unpaired) electrons. The van der Waals surface area contributed by atoms with Crippen LogP contribution in [0, 0.1) is 0 Å². The van der Waals surface area contributed by atoms with Crippen LogP contribution in [0.1, 0.15) is 5.69 Å². The predicted octanol–water partition coefficient (Wildman–Crippen LogP) is 2.92. The zero-order chi connectivity index (χ0) is 20.8. The van der Waals surface area contributed by atoms with Crippen molar-refractivity contribution in [3.63, 3.8) is 0 Å². The molecule has 30 heavy (non-hydrogen) atoms. The Bertz CT molecular complexity index is 1030. The second-order valence-corrected chi connectivity index (χ2v) is 6.99. The molecule has 1 N–H and O–H groups in total. The van der Waals surface area contributed by atoms with Gasteiger partial charge in [0, 0.05) is 36.0 Å². The zero-order valence-corrected chi connectivity index (χ0v) is 16.8. The van der Waals surface area contributed by atoms with Crippen molar-refractivity contribution in [3.05, 3.63) is 54.6 Å². The number of methoxy groups -OCH3 is 1. The molecule has 4 rings (SSSR count). The van der Waals surface area contributed by atoms with E-state index in [1.54, 1.807) is 48.9 Å². The minimum absolute atomic E-state index is 0.175. The maximum atomic E-state index is 12.3. The van der Waals surface area contributed by atoms with E-state index in [1.165, 1.54) is 18.9 Å². The monoisotopic (exact) mass is 426 g/mol. The van der Waals surface area contributed by atoms with Gasteiger partial charge >= 0.3 is 0 Å². The second-order valence-electron chi connectivity index (χ2n) is 6.05. The Kier molecular flexibility index (Phi) is 6.14. The number of thioether (sulfide) groups is 1. The minimum atomic E-state index is -0.318. The number of ether oxygens (including phenoxy) is 4. The zero-order valence-electron chi connectivity index (χ0n) is 16.0. The third-order valence-corrected chi connectivity index (χ3v) is 4.92. The van der Waals surface area contributed by atoms with Crippen molar-refractivity contribution in [2.45, 2.75) is 10.9 Å². The van der Waals surface area contributed by atoms with E-state index in [1.807, 2.05) is 0 Å². The van der Waals surface area contributed by atoms with Gasteiger partial charge in [0.25, 0.3) is 5.91 Å². The number of benzene rings is 1. The molecule has 0 aliphatic carbocycles. The smallest absolute Gasteiger partial charge is 0.262 e. The molecule has 1 aliphatic rings. The van der Waals surface area contributed by atoms with Crippen molar-refractivity contribution in [3.8, 4) is 23.0 Å². The molecule has 0 unspecified atom stereocenters. The molecule has 1 amide bonds. The van der Waals surface area contributed by atoms with E-state index in [-0.39, 0.29) is 19.3 Å². The lowest BCUT2D eigenvalue weighted by Crippen LogP contribution is -2.20. The Balaban J connectivity index is 1.36. The molecule has 0 saturated carbocycles. The molecule has 0 spiro atoms. The molecular formula is C20H18N4O5S. The summed E-state index contributed by atoms with van der Waals surface area (Å²) >= 11 is 1.45. The van der Waals surface area contributed by atoms with Gasteiger partial charge in [-0.1, -0.05) is 11.8 Å². The van der Waals surface area contributed by atoms with Crippen molar-refractivity contribution < 1.29 is 23.7 Å². The van der Waals surface area contributed by atoms with Crippen molar-refractivity contribution in [1.82, 2.24) is 15.0 Å². The molecule has 3 aromatic rings. The lowest BCUT2D eigenvalue weighted by Gasteiger charge is -2.12. The number of nitrogens with one attached hydrogen (secondary N) is 1. The van der Waals surface area contributed by atoms with Crippen LogP contribution in [0.15, 0.2) is 54.1 Å². The Morgan fingerprint density at radius 2 is 1.97 bits per heavy atom. The topological polar surface area (TPSA) is 105 Å². The molecule has 154 valence electrons. The van der Waals surface area contributed by atoms with Crippen LogP contribution in [0.3, 0.4) is 0 Å². The Morgan fingerprint density at radius 1 is 1.13 bits per heavy atom. The second kappa shape index (κ2) is 9.31. The van der Waals surface area contributed by atoms with Crippen molar-refractivity contribution in [2.24, 2.45) is 0 Å². The summed E-state index contributed by atoms with van der Waals surface area (Å²) in [5, 5.41) is 3.42. The summed E-state index contributed by atoms with van der Waals surface area (Å²) in [5.41, 5.74) is 1.34. The van der Waals surface area contributed by atoms with E-state index in [9.17, 15) is 4.79 Å². The Hall–Kier alpha value is -3.53. The van der Waals surface area contributed by atoms with Crippen LogP contribution in [0.5, 0.6) is 23.0 Å². The van der Waals surface area contributed by atoms with E-state index in [0.717, 1.165) is 5.69 Å². The largest absolute Gasteiger partial charge is 0.491 e. The van der Waals surface area contributed by atoms with Gasteiger partial charge in [0.15, 0.2) is 34.8 Å². The van der Waals surface area contributed by atoms with Gasteiger partial charge in [-0.2, -0.15) is 0 Å². The van der Waals surface area contributed by atoms with Crippen molar-refractivity contribution in [2.75, 3.05) is 25.8 Å². The molecule has 1 aliphatic heterocycles. The van der Waals surface area contributed by atoms with E-state index in [2.05, 4.69) is 20.3 Å². The first-order chi connectivity index (χ1) is 14.7. The summed E-state index contributed by atoms with van der Waals surface area (Å²) in [4.78, 5) is 25.0. The number of carbonyl (C=O) groups excluding carboxylic acids is 1. The number of carbonyl (C=O) groups is 1. The van der Waals surface area contributed by atoms with Gasteiger partial charge in [-0.25, -0.2) is 9.97 Å². The number of nitrogens with zero attached hydrogens (tertiary/aromatic N) is 3. The summed E-state index contributed by atoms with van der Waals surface area (Å²) in [6.45, 7) is -0.0160. The molecule has 0 saturated heterocycles. The average molecular weight is 426 g/mol. The number of rotatable bonds is 8. The molecule has 0 atom stereocenters. The molecular weight excluding hydrogens is 408 g/mol. The van der Waals surface area contributed by atoms with Gasteiger partial charge in [-0.05, 0) is 18.2 Å². The lowest BCUT2D eigenvalue weighted by atomic mass is 10.3. The quantitative estimate of drug-likeness (QED) is 0.430. The fourth-order valence-corrected chi connectivity index (χ4v) is 3.33. The summed E-state index contributed by atoms with van der Waals surface area (Å²) in [7, 11) is 1.52. The fourth-order valence-electron chi connectivity index (χ4n) is 2.62. The Labute approximate surface area is 176 Å². The van der Waals surface area contributed by atoms with Gasteiger partial charge in [-0.15, -0.1) is 0 Å². The lowest BCUT2D eigenvalue weighted by molar-refractivity contribution is -0.118. The molecule has 9 nitrogen and oxygen atoms in total. The summed E-state index contributed by atoms with van der Waals surface area (Å²) in [6, 6.07) is 8.68. The first kappa shape index (κ1) is 19.8. The van der Waals surface area contributed by atoms with Gasteiger partial charge in [0.1, 0.15) is 0 Å². The highest BCUT2D eigenvalue weighted by Crippen LogP contribution is 2.34. The predicted molar refractivity (Wildman–Crippen MR) is 109 cm³/mol. The number of aromatic nitrogens is 3. The first-order valence-corrected chi connectivity index (χ1v) is 9.95. The van der Waals surface area contributed by atoms with Crippen LogP contribution in [0.25, 0.3) is 0 Å². The van der Waals surface area contributed by atoms with Crippen molar-refractivity contribution in [1.29, 1.82) is 0 Å². The van der Waals surface area contributed by atoms with Crippen molar-refractivity contribution >= 4 is 23.4 Å². The highest BCUT2D eigenvalue weighted by Gasteiger charge is 2.15. The van der Waals surface area contributed by atoms with Gasteiger partial charge in [-0.3, -0.25) is 9.78 Å². The van der Waals surface area contributed by atoms with E-state index < -0.39 is 0 Å². The minimum Gasteiger partial charge on any atom is -0.491 e. The van der Waals surface area contributed by atoms with E-state index in [0.29, 0.717) is 39.6 Å². The molecule has 0 fully saturated rings. The summed E-state index contributed by atoms with van der Waals surface area (Å²) in [5.74, 6) is 2.34. The third kappa shape index (κ3) is 4.90. The fraction of sp³-hybridized carbons (Fsp3) is 0.200. The van der Waals surface area contributed by atoms with Crippen LogP contribution in [0.4, 0.5) is 5.69 Å². The summed E-state index contributed by atoms with van der Waals surface area (Å²) in [6.07, 6.45) is 4.93. The number of anilines is 1. The van der Waals surface area contributed by atoms with Gasteiger partial charge in [0.05, 0.1) is 19.0 Å². The van der Waals surface area contributed by atoms with Crippen LogP contribution in [0.2, 0.25) is 0 Å². The highest BCUT2D eigenvalue weighted by molar-refractivity contribution is 7.98. The molecule has 0 bridgehead atoms. The normalized spacial score (nSPS) is 11.8. The average Bonchev–Trinajstić information content (AvgIpc) is 3.25. The highest BCUT2D eigenvalue weighted by atomic mass is 32.2. The van der Waals surface area contributed by atoms with E-state index >= 15 is 0 Å². The molecule has 2 aromatic heterocycles. The summed E-state index contributed by atoms with van der Waals surface area (Å²) < 4.78 is 21.5. The van der Waals surface area contributed by atoms with Crippen LogP contribution in [-0.4, -0.2) is 41.4 Å². The number of fused-ring (bicyclic) bond motifs is 1. The third-order valence-electron chi connectivity index (χ3n) is 4.01. The molecule has 3 heterocycles. The van der Waals surface area contributed by atoms with Crippen LogP contribution in [-0.2, 0) is 10.5 Å². The maximum absolute atomic E-state index is 12.3. The number of amides is 1. The molecule has 1 aromatic carbocycles.